The van der Waals surface area contributed by atoms with Crippen molar-refractivity contribution in [1.82, 2.24) is 4.98 Å². The summed E-state index contributed by atoms with van der Waals surface area (Å²) in [6, 6.07) is 20.5. The van der Waals surface area contributed by atoms with Crippen molar-refractivity contribution in [2.75, 3.05) is 0 Å². The highest BCUT2D eigenvalue weighted by molar-refractivity contribution is 14.1. The molecule has 0 fully saturated rings. The second kappa shape index (κ2) is 6.98. The molecule has 0 saturated heterocycles. The predicted molar refractivity (Wildman–Crippen MR) is 136 cm³/mol. The minimum Gasteiger partial charge on any atom is -0.357 e. The van der Waals surface area contributed by atoms with E-state index in [-0.39, 0.29) is 5.41 Å². The fraction of sp³-hybridized carbons (Fsp3) is 0.231. The predicted octanol–water partition coefficient (Wildman–Crippen LogP) is 8.27. The van der Waals surface area contributed by atoms with Gasteiger partial charge in [-0.15, -0.1) is 0 Å². The number of aryl methyl sites for hydroxylation is 2. The maximum Gasteiger partial charge on any atom is 0.0607 e. The lowest BCUT2D eigenvalue weighted by Gasteiger charge is -2.21. The Hall–Kier alpha value is -1.59. The quantitative estimate of drug-likeness (QED) is 0.227. The molecular weight excluding hydrogens is 533 g/mol. The third-order valence-electron chi connectivity index (χ3n) is 5.98. The highest BCUT2D eigenvalue weighted by Crippen LogP contribution is 2.42. The summed E-state index contributed by atoms with van der Waals surface area (Å²) in [7, 11) is 0. The van der Waals surface area contributed by atoms with Crippen LogP contribution in [0.2, 0.25) is 0 Å². The highest BCUT2D eigenvalue weighted by atomic mass is 127. The van der Waals surface area contributed by atoms with Crippen LogP contribution in [0.3, 0.4) is 0 Å². The molecule has 4 aromatic rings. The second-order valence-corrected chi connectivity index (χ2v) is 11.1. The van der Waals surface area contributed by atoms with Crippen LogP contribution in [0.4, 0.5) is 0 Å². The standard InChI is InChI=1S/C26H23BrIN/c1-26(2,3)18-6-4-5-15(12-18)16-7-9-20-17(11-16)8-10-23-24(20)21-13-19(28)14-22(27)25(21)29-23/h4-7,9,11-14,29H,8,10H2,1-3H3. The molecule has 5 rings (SSSR count). The third kappa shape index (κ3) is 3.36. The molecule has 29 heavy (non-hydrogen) atoms. The van der Waals surface area contributed by atoms with Gasteiger partial charge >= 0.3 is 0 Å². The molecule has 1 heterocycles. The van der Waals surface area contributed by atoms with Crippen molar-refractivity contribution in [3.63, 3.8) is 0 Å². The largest absolute Gasteiger partial charge is 0.357 e. The zero-order chi connectivity index (χ0) is 20.3. The first-order valence-electron chi connectivity index (χ1n) is 10.0. The Morgan fingerprint density at radius 1 is 0.931 bits per heavy atom. The van der Waals surface area contributed by atoms with Crippen LogP contribution >= 0.6 is 38.5 Å². The molecule has 1 N–H and O–H groups in total. The van der Waals surface area contributed by atoms with Crippen LogP contribution in [0.5, 0.6) is 0 Å². The number of benzene rings is 3. The van der Waals surface area contributed by atoms with Crippen molar-refractivity contribution in [1.29, 1.82) is 0 Å². The van der Waals surface area contributed by atoms with Crippen LogP contribution < -0.4 is 0 Å². The van der Waals surface area contributed by atoms with E-state index >= 15 is 0 Å². The van der Waals surface area contributed by atoms with Crippen LogP contribution in [0, 0.1) is 3.57 Å². The Morgan fingerprint density at radius 2 is 1.72 bits per heavy atom. The van der Waals surface area contributed by atoms with E-state index < -0.39 is 0 Å². The number of rotatable bonds is 1. The second-order valence-electron chi connectivity index (χ2n) is 8.99. The number of hydrogen-bond acceptors (Lipinski definition) is 0. The van der Waals surface area contributed by atoms with Gasteiger partial charge < -0.3 is 4.98 Å². The molecular formula is C26H23BrIN. The minimum atomic E-state index is 0.160. The van der Waals surface area contributed by atoms with Gasteiger partial charge in [0, 0.05) is 24.7 Å². The zero-order valence-electron chi connectivity index (χ0n) is 16.9. The molecule has 1 aromatic heterocycles. The van der Waals surface area contributed by atoms with Crippen molar-refractivity contribution in [3.8, 4) is 22.3 Å². The summed E-state index contributed by atoms with van der Waals surface area (Å²) >= 11 is 6.15. The number of aromatic amines is 1. The van der Waals surface area contributed by atoms with Gasteiger partial charge in [0.1, 0.15) is 0 Å². The van der Waals surface area contributed by atoms with Crippen LogP contribution in [-0.2, 0) is 18.3 Å². The maximum atomic E-state index is 3.74. The van der Waals surface area contributed by atoms with E-state index in [0.717, 1.165) is 17.3 Å². The smallest absolute Gasteiger partial charge is 0.0607 e. The molecule has 146 valence electrons. The molecule has 0 amide bonds. The average molecular weight is 556 g/mol. The zero-order valence-corrected chi connectivity index (χ0v) is 20.6. The van der Waals surface area contributed by atoms with Crippen molar-refractivity contribution in [2.45, 2.75) is 39.0 Å². The third-order valence-corrected chi connectivity index (χ3v) is 7.23. The fourth-order valence-corrected chi connectivity index (χ4v) is 6.03. The van der Waals surface area contributed by atoms with Crippen molar-refractivity contribution in [2.24, 2.45) is 0 Å². The molecule has 3 aromatic carbocycles. The Bertz CT molecular complexity index is 1260. The summed E-state index contributed by atoms with van der Waals surface area (Å²) < 4.78 is 2.40. The number of H-pyrrole nitrogens is 1. The van der Waals surface area contributed by atoms with Gasteiger partial charge in [0.05, 0.1) is 5.52 Å². The summed E-state index contributed by atoms with van der Waals surface area (Å²) in [5.41, 5.74) is 10.9. The molecule has 1 nitrogen and oxygen atoms in total. The van der Waals surface area contributed by atoms with E-state index in [1.165, 1.54) is 53.5 Å². The van der Waals surface area contributed by atoms with E-state index in [1.807, 2.05) is 0 Å². The van der Waals surface area contributed by atoms with Gasteiger partial charge in [-0.3, -0.25) is 0 Å². The molecule has 0 radical (unpaired) electrons. The van der Waals surface area contributed by atoms with E-state index in [9.17, 15) is 0 Å². The Labute approximate surface area is 194 Å². The van der Waals surface area contributed by atoms with E-state index in [4.69, 9.17) is 0 Å². The Morgan fingerprint density at radius 3 is 2.52 bits per heavy atom. The summed E-state index contributed by atoms with van der Waals surface area (Å²) in [6.45, 7) is 6.82. The molecule has 1 aliphatic rings. The molecule has 0 unspecified atom stereocenters. The lowest BCUT2D eigenvalue weighted by molar-refractivity contribution is 0.590. The van der Waals surface area contributed by atoms with Gasteiger partial charge in [-0.1, -0.05) is 63.2 Å². The van der Waals surface area contributed by atoms with Crippen molar-refractivity contribution in [3.05, 3.63) is 79.5 Å². The lowest BCUT2D eigenvalue weighted by atomic mass is 9.84. The van der Waals surface area contributed by atoms with Gasteiger partial charge in [0.15, 0.2) is 0 Å². The number of halogens is 2. The van der Waals surface area contributed by atoms with Gasteiger partial charge in [-0.25, -0.2) is 0 Å². The Kier molecular flexibility index (Phi) is 4.67. The summed E-state index contributed by atoms with van der Waals surface area (Å²) in [5.74, 6) is 0. The average Bonchev–Trinajstić information content (AvgIpc) is 3.06. The van der Waals surface area contributed by atoms with Gasteiger partial charge in [0.2, 0.25) is 0 Å². The summed E-state index contributed by atoms with van der Waals surface area (Å²) in [6.07, 6.45) is 2.14. The number of nitrogens with one attached hydrogen (secondary N) is 1. The molecule has 1 aliphatic carbocycles. The number of aromatic nitrogens is 1. The number of hydrogen-bond donors (Lipinski definition) is 1. The monoisotopic (exact) mass is 555 g/mol. The first-order chi connectivity index (χ1) is 13.8. The Balaban J connectivity index is 1.65. The van der Waals surface area contributed by atoms with Crippen molar-refractivity contribution >= 4 is 49.4 Å². The van der Waals surface area contributed by atoms with Crippen molar-refractivity contribution < 1.29 is 0 Å². The normalized spacial score (nSPS) is 13.4. The van der Waals surface area contributed by atoms with Gasteiger partial charge in [-0.05, 0) is 96.7 Å². The highest BCUT2D eigenvalue weighted by Gasteiger charge is 2.23. The van der Waals surface area contributed by atoms with Gasteiger partial charge in [-0.2, -0.15) is 0 Å². The molecule has 0 aliphatic heterocycles. The molecule has 0 spiro atoms. The van der Waals surface area contributed by atoms with Gasteiger partial charge in [0.25, 0.3) is 0 Å². The summed E-state index contributed by atoms with van der Waals surface area (Å²) in [5, 5.41) is 1.32. The van der Waals surface area contributed by atoms with Crippen LogP contribution in [0.15, 0.2) is 59.1 Å². The SMILES string of the molecule is CC(C)(C)c1cccc(-c2ccc3c(c2)CCc2[nH]c4c(Br)cc(I)cc4c2-3)c1. The van der Waals surface area contributed by atoms with Crippen LogP contribution in [0.25, 0.3) is 33.2 Å². The number of fused-ring (bicyclic) bond motifs is 5. The molecule has 0 bridgehead atoms. The molecule has 3 heteroatoms. The van der Waals surface area contributed by atoms with E-state index in [1.54, 1.807) is 0 Å². The topological polar surface area (TPSA) is 15.8 Å². The molecule has 0 atom stereocenters. The molecule has 0 saturated carbocycles. The minimum absolute atomic E-state index is 0.160. The van der Waals surface area contributed by atoms with E-state index in [2.05, 4.69) is 119 Å². The summed E-state index contributed by atoms with van der Waals surface area (Å²) in [4.78, 5) is 3.67. The van der Waals surface area contributed by atoms with Crippen LogP contribution in [-0.4, -0.2) is 4.98 Å². The van der Waals surface area contributed by atoms with E-state index in [0.29, 0.717) is 0 Å². The first-order valence-corrected chi connectivity index (χ1v) is 11.9. The first kappa shape index (κ1) is 19.4. The lowest BCUT2D eigenvalue weighted by Crippen LogP contribution is -2.10. The van der Waals surface area contributed by atoms with Crippen LogP contribution in [0.1, 0.15) is 37.6 Å². The maximum absolute atomic E-state index is 3.74. The fourth-order valence-electron chi connectivity index (χ4n) is 4.42.